The Morgan fingerprint density at radius 3 is 2.50 bits per heavy atom. The fourth-order valence-electron chi connectivity index (χ4n) is 1.34. The third-order valence-electron chi connectivity index (χ3n) is 2.03. The van der Waals surface area contributed by atoms with Crippen LogP contribution in [0.1, 0.15) is 5.69 Å². The molecular formula is C10H5BrF3NO. The van der Waals surface area contributed by atoms with E-state index in [0.29, 0.717) is 9.86 Å². The Balaban J connectivity index is 2.74. The third-order valence-corrected chi connectivity index (χ3v) is 2.52. The van der Waals surface area contributed by atoms with Crippen molar-refractivity contribution < 1.29 is 18.3 Å². The van der Waals surface area contributed by atoms with Crippen molar-refractivity contribution in [2.75, 3.05) is 0 Å². The van der Waals surface area contributed by atoms with Crippen LogP contribution in [0.3, 0.4) is 0 Å². The number of hydrogen-bond acceptors (Lipinski definition) is 2. The van der Waals surface area contributed by atoms with E-state index in [0.717, 1.165) is 6.07 Å². The van der Waals surface area contributed by atoms with Crippen LogP contribution in [0.5, 0.6) is 5.75 Å². The standard InChI is InChI=1S/C10H5BrF3NO/c11-6-2-1-5-3-8(16)9(10(12,13)14)15-7(5)4-6/h1-4,16H. The highest BCUT2D eigenvalue weighted by Crippen LogP contribution is 2.36. The Hall–Kier alpha value is -1.30. The van der Waals surface area contributed by atoms with Crippen LogP contribution >= 0.6 is 15.9 Å². The number of hydrogen-bond donors (Lipinski definition) is 1. The highest BCUT2D eigenvalue weighted by molar-refractivity contribution is 9.10. The van der Waals surface area contributed by atoms with Crippen LogP contribution in [-0.2, 0) is 6.18 Å². The fourth-order valence-corrected chi connectivity index (χ4v) is 1.69. The number of nitrogens with zero attached hydrogens (tertiary/aromatic N) is 1. The minimum atomic E-state index is -4.65. The number of aromatic hydroxyl groups is 1. The molecule has 2 rings (SSSR count). The molecule has 0 amide bonds. The lowest BCUT2D eigenvalue weighted by molar-refractivity contribution is -0.142. The van der Waals surface area contributed by atoms with Crippen LogP contribution < -0.4 is 0 Å². The molecule has 84 valence electrons. The molecule has 6 heteroatoms. The number of benzene rings is 1. The summed E-state index contributed by atoms with van der Waals surface area (Å²) in [6, 6.07) is 5.75. The molecule has 0 saturated heterocycles. The van der Waals surface area contributed by atoms with E-state index in [2.05, 4.69) is 20.9 Å². The molecule has 0 radical (unpaired) electrons. The number of fused-ring (bicyclic) bond motifs is 1. The smallest absolute Gasteiger partial charge is 0.437 e. The summed E-state index contributed by atoms with van der Waals surface area (Å²) in [5.74, 6) is -0.859. The third kappa shape index (κ3) is 1.97. The molecule has 2 nitrogen and oxygen atoms in total. The number of aromatic nitrogens is 1. The van der Waals surface area contributed by atoms with Crippen molar-refractivity contribution in [3.05, 3.63) is 34.4 Å². The first kappa shape index (κ1) is 11.2. The van der Waals surface area contributed by atoms with Crippen LogP contribution in [0.15, 0.2) is 28.7 Å². The minimum Gasteiger partial charge on any atom is -0.506 e. The lowest BCUT2D eigenvalue weighted by Crippen LogP contribution is -2.08. The summed E-state index contributed by atoms with van der Waals surface area (Å²) < 4.78 is 38.0. The van der Waals surface area contributed by atoms with Gasteiger partial charge in [0.2, 0.25) is 0 Å². The van der Waals surface area contributed by atoms with E-state index < -0.39 is 17.6 Å². The maximum absolute atomic E-state index is 12.4. The average molecular weight is 292 g/mol. The van der Waals surface area contributed by atoms with Crippen LogP contribution in [0.25, 0.3) is 10.9 Å². The van der Waals surface area contributed by atoms with Crippen LogP contribution in [0.2, 0.25) is 0 Å². The second-order valence-corrected chi connectivity index (χ2v) is 4.11. The van der Waals surface area contributed by atoms with Gasteiger partial charge in [-0.15, -0.1) is 0 Å². The van der Waals surface area contributed by atoms with Crippen molar-refractivity contribution in [3.8, 4) is 5.75 Å². The van der Waals surface area contributed by atoms with Crippen LogP contribution in [0.4, 0.5) is 13.2 Å². The second-order valence-electron chi connectivity index (χ2n) is 3.19. The molecule has 1 aromatic carbocycles. The van der Waals surface area contributed by atoms with Crippen molar-refractivity contribution in [1.29, 1.82) is 0 Å². The van der Waals surface area contributed by atoms with E-state index in [9.17, 15) is 18.3 Å². The molecule has 0 aliphatic rings. The summed E-state index contributed by atoms with van der Waals surface area (Å²) in [7, 11) is 0. The molecule has 1 N–H and O–H groups in total. The Morgan fingerprint density at radius 1 is 1.19 bits per heavy atom. The van der Waals surface area contributed by atoms with Gasteiger partial charge in [0.1, 0.15) is 5.75 Å². The molecule has 2 aromatic rings. The van der Waals surface area contributed by atoms with E-state index in [1.54, 1.807) is 12.1 Å². The number of alkyl halides is 3. The predicted octanol–water partition coefficient (Wildman–Crippen LogP) is 3.72. The summed E-state index contributed by atoms with van der Waals surface area (Å²) in [4.78, 5) is 3.40. The van der Waals surface area contributed by atoms with E-state index in [1.807, 2.05) is 0 Å². The lowest BCUT2D eigenvalue weighted by Gasteiger charge is -2.09. The molecular weight excluding hydrogens is 287 g/mol. The molecule has 0 saturated carbocycles. The zero-order valence-corrected chi connectivity index (χ0v) is 9.30. The Bertz CT molecular complexity index is 553. The first-order valence-electron chi connectivity index (χ1n) is 4.24. The zero-order valence-electron chi connectivity index (χ0n) is 7.72. The van der Waals surface area contributed by atoms with E-state index in [1.165, 1.54) is 6.07 Å². The maximum Gasteiger partial charge on any atom is 0.437 e. The predicted molar refractivity (Wildman–Crippen MR) is 56.1 cm³/mol. The number of rotatable bonds is 0. The molecule has 16 heavy (non-hydrogen) atoms. The SMILES string of the molecule is Oc1cc2ccc(Br)cc2nc1C(F)(F)F. The van der Waals surface area contributed by atoms with Gasteiger partial charge in [0.15, 0.2) is 5.69 Å². The summed E-state index contributed by atoms with van der Waals surface area (Å²) in [5.41, 5.74) is -1.09. The maximum atomic E-state index is 12.4. The molecule has 0 unspecified atom stereocenters. The number of pyridine rings is 1. The van der Waals surface area contributed by atoms with E-state index in [-0.39, 0.29) is 5.52 Å². The molecule has 1 heterocycles. The van der Waals surface area contributed by atoms with Crippen molar-refractivity contribution in [1.82, 2.24) is 4.98 Å². The van der Waals surface area contributed by atoms with Gasteiger partial charge in [0.25, 0.3) is 0 Å². The van der Waals surface area contributed by atoms with Crippen molar-refractivity contribution in [2.45, 2.75) is 6.18 Å². The highest BCUT2D eigenvalue weighted by Gasteiger charge is 2.36. The summed E-state index contributed by atoms with van der Waals surface area (Å²) in [5, 5.41) is 9.67. The van der Waals surface area contributed by atoms with Crippen LogP contribution in [0, 0.1) is 0 Å². The zero-order chi connectivity index (χ0) is 11.9. The monoisotopic (exact) mass is 291 g/mol. The van der Waals surface area contributed by atoms with Gasteiger partial charge in [0.05, 0.1) is 5.52 Å². The van der Waals surface area contributed by atoms with Gasteiger partial charge < -0.3 is 5.11 Å². The highest BCUT2D eigenvalue weighted by atomic mass is 79.9. The summed E-state index contributed by atoms with van der Waals surface area (Å²) >= 11 is 3.14. The fraction of sp³-hybridized carbons (Fsp3) is 0.100. The van der Waals surface area contributed by atoms with Gasteiger partial charge in [-0.05, 0) is 18.2 Å². The van der Waals surface area contributed by atoms with Crippen molar-refractivity contribution >= 4 is 26.8 Å². The lowest BCUT2D eigenvalue weighted by atomic mass is 10.2. The van der Waals surface area contributed by atoms with Gasteiger partial charge in [-0.2, -0.15) is 13.2 Å². The molecule has 0 fully saturated rings. The number of halogens is 4. The molecule has 0 spiro atoms. The van der Waals surface area contributed by atoms with Crippen molar-refractivity contribution in [3.63, 3.8) is 0 Å². The summed E-state index contributed by atoms with van der Waals surface area (Å²) in [6.45, 7) is 0. The first-order valence-corrected chi connectivity index (χ1v) is 5.04. The topological polar surface area (TPSA) is 33.1 Å². The summed E-state index contributed by atoms with van der Waals surface area (Å²) in [6.07, 6.45) is -4.65. The Morgan fingerprint density at radius 2 is 1.88 bits per heavy atom. The van der Waals surface area contributed by atoms with Gasteiger partial charge in [-0.25, -0.2) is 4.98 Å². The molecule has 0 aliphatic heterocycles. The van der Waals surface area contributed by atoms with Crippen LogP contribution in [-0.4, -0.2) is 10.1 Å². The Labute approximate surface area is 96.9 Å². The normalized spacial score (nSPS) is 12.0. The van der Waals surface area contributed by atoms with Gasteiger partial charge in [-0.3, -0.25) is 0 Å². The van der Waals surface area contributed by atoms with Gasteiger partial charge >= 0.3 is 6.18 Å². The van der Waals surface area contributed by atoms with E-state index in [4.69, 9.17) is 0 Å². The molecule has 0 aliphatic carbocycles. The second kappa shape index (κ2) is 3.62. The average Bonchev–Trinajstić information content (AvgIpc) is 2.16. The van der Waals surface area contributed by atoms with Crippen molar-refractivity contribution in [2.24, 2.45) is 0 Å². The largest absolute Gasteiger partial charge is 0.506 e. The van der Waals surface area contributed by atoms with Gasteiger partial charge in [0, 0.05) is 9.86 Å². The molecule has 0 bridgehead atoms. The quantitative estimate of drug-likeness (QED) is 0.802. The Kier molecular flexibility index (Phi) is 2.53. The molecule has 1 aromatic heterocycles. The first-order chi connectivity index (χ1) is 7.38. The molecule has 0 atom stereocenters. The van der Waals surface area contributed by atoms with E-state index >= 15 is 0 Å². The minimum absolute atomic E-state index is 0.180. The van der Waals surface area contributed by atoms with Gasteiger partial charge in [-0.1, -0.05) is 22.0 Å².